The fourth-order valence-corrected chi connectivity index (χ4v) is 2.72. The molecule has 74 valence electrons. The molecule has 0 atom stereocenters. The second-order valence-electron chi connectivity index (χ2n) is 2.80. The molecule has 0 aliphatic carbocycles. The van der Waals surface area contributed by atoms with E-state index in [0.29, 0.717) is 0 Å². The summed E-state index contributed by atoms with van der Waals surface area (Å²) in [6, 6.07) is 6.02. The van der Waals surface area contributed by atoms with Gasteiger partial charge in [0.05, 0.1) is 18.9 Å². The molecule has 0 aliphatic heterocycles. The minimum absolute atomic E-state index is 0.877. The predicted molar refractivity (Wildman–Crippen MR) is 62.6 cm³/mol. The zero-order valence-corrected chi connectivity index (χ0v) is 10.2. The van der Waals surface area contributed by atoms with Gasteiger partial charge in [0, 0.05) is 9.86 Å². The maximum absolute atomic E-state index is 5.29. The number of benzene rings is 1. The van der Waals surface area contributed by atoms with E-state index in [1.54, 1.807) is 25.6 Å². The SMILES string of the molecule is COc1cc2cc(Br)cc(OC)c2s1. The van der Waals surface area contributed by atoms with Gasteiger partial charge in [-0.3, -0.25) is 0 Å². The molecule has 0 unspecified atom stereocenters. The van der Waals surface area contributed by atoms with E-state index in [1.165, 1.54) is 0 Å². The summed E-state index contributed by atoms with van der Waals surface area (Å²) in [7, 11) is 3.35. The average Bonchev–Trinajstić information content (AvgIpc) is 2.59. The summed E-state index contributed by atoms with van der Waals surface area (Å²) in [6.45, 7) is 0. The van der Waals surface area contributed by atoms with E-state index in [9.17, 15) is 0 Å². The Labute approximate surface area is 94.6 Å². The van der Waals surface area contributed by atoms with Gasteiger partial charge in [-0.15, -0.1) is 0 Å². The topological polar surface area (TPSA) is 18.5 Å². The Balaban J connectivity index is 2.71. The second kappa shape index (κ2) is 3.79. The van der Waals surface area contributed by atoms with Gasteiger partial charge in [-0.1, -0.05) is 27.3 Å². The summed E-state index contributed by atoms with van der Waals surface area (Å²) in [5.74, 6) is 0.877. The number of fused-ring (bicyclic) bond motifs is 1. The van der Waals surface area contributed by atoms with Crippen LogP contribution < -0.4 is 9.47 Å². The molecule has 0 saturated carbocycles. The first kappa shape index (κ1) is 9.80. The van der Waals surface area contributed by atoms with Crippen molar-refractivity contribution >= 4 is 37.4 Å². The molecule has 0 bridgehead atoms. The van der Waals surface area contributed by atoms with Gasteiger partial charge >= 0.3 is 0 Å². The molecule has 1 aromatic carbocycles. The van der Waals surface area contributed by atoms with E-state index >= 15 is 0 Å². The molecule has 0 saturated heterocycles. The second-order valence-corrected chi connectivity index (χ2v) is 4.73. The van der Waals surface area contributed by atoms with Crippen LogP contribution in [-0.2, 0) is 0 Å². The van der Waals surface area contributed by atoms with E-state index in [4.69, 9.17) is 9.47 Å². The smallest absolute Gasteiger partial charge is 0.174 e. The molecule has 2 rings (SSSR count). The van der Waals surface area contributed by atoms with E-state index in [2.05, 4.69) is 22.0 Å². The summed E-state index contributed by atoms with van der Waals surface area (Å²) in [5, 5.41) is 2.04. The van der Waals surface area contributed by atoms with Crippen LogP contribution in [0.25, 0.3) is 10.1 Å². The van der Waals surface area contributed by atoms with Crippen LogP contribution >= 0.6 is 27.3 Å². The van der Waals surface area contributed by atoms with Gasteiger partial charge in [-0.05, 0) is 18.2 Å². The third-order valence-electron chi connectivity index (χ3n) is 1.95. The largest absolute Gasteiger partial charge is 0.495 e. The van der Waals surface area contributed by atoms with Crippen molar-refractivity contribution in [1.29, 1.82) is 0 Å². The van der Waals surface area contributed by atoms with Crippen molar-refractivity contribution in [3.8, 4) is 10.8 Å². The molecule has 2 aromatic rings. The Kier molecular flexibility index (Phi) is 2.65. The molecule has 1 heterocycles. The van der Waals surface area contributed by atoms with E-state index in [1.807, 2.05) is 12.1 Å². The zero-order chi connectivity index (χ0) is 10.1. The van der Waals surface area contributed by atoms with Crippen molar-refractivity contribution in [2.75, 3.05) is 14.2 Å². The lowest BCUT2D eigenvalue weighted by Gasteiger charge is -2.01. The zero-order valence-electron chi connectivity index (χ0n) is 7.83. The van der Waals surface area contributed by atoms with E-state index in [0.717, 1.165) is 25.4 Å². The average molecular weight is 273 g/mol. The maximum atomic E-state index is 5.29. The highest BCUT2D eigenvalue weighted by Gasteiger charge is 2.08. The predicted octanol–water partition coefficient (Wildman–Crippen LogP) is 3.68. The van der Waals surface area contributed by atoms with Crippen molar-refractivity contribution in [2.24, 2.45) is 0 Å². The normalized spacial score (nSPS) is 10.5. The minimum atomic E-state index is 0.877. The Hall–Kier alpha value is -0.740. The van der Waals surface area contributed by atoms with Gasteiger partial charge in [0.2, 0.25) is 0 Å². The minimum Gasteiger partial charge on any atom is -0.495 e. The lowest BCUT2D eigenvalue weighted by molar-refractivity contribution is 0.420. The van der Waals surface area contributed by atoms with Gasteiger partial charge in [-0.2, -0.15) is 0 Å². The Bertz CT molecular complexity index is 464. The summed E-state index contributed by atoms with van der Waals surface area (Å²) < 4.78 is 12.6. The summed E-state index contributed by atoms with van der Waals surface area (Å²) in [4.78, 5) is 0. The first-order valence-corrected chi connectivity index (χ1v) is 5.66. The number of methoxy groups -OCH3 is 2. The number of ether oxygens (including phenoxy) is 2. The van der Waals surface area contributed by atoms with E-state index < -0.39 is 0 Å². The van der Waals surface area contributed by atoms with Crippen molar-refractivity contribution in [1.82, 2.24) is 0 Å². The van der Waals surface area contributed by atoms with Gasteiger partial charge in [-0.25, -0.2) is 0 Å². The molecule has 0 spiro atoms. The first-order chi connectivity index (χ1) is 6.74. The molecular weight excluding hydrogens is 264 g/mol. The Morgan fingerprint density at radius 1 is 1.14 bits per heavy atom. The van der Waals surface area contributed by atoms with Crippen LogP contribution in [0.5, 0.6) is 10.8 Å². The molecular formula is C10H9BrO2S. The number of hydrogen-bond acceptors (Lipinski definition) is 3. The fourth-order valence-electron chi connectivity index (χ4n) is 1.31. The number of hydrogen-bond donors (Lipinski definition) is 0. The highest BCUT2D eigenvalue weighted by Crippen LogP contribution is 2.39. The Morgan fingerprint density at radius 3 is 2.57 bits per heavy atom. The molecule has 2 nitrogen and oxygen atoms in total. The highest BCUT2D eigenvalue weighted by atomic mass is 79.9. The van der Waals surface area contributed by atoms with Gasteiger partial charge in [0.1, 0.15) is 5.75 Å². The van der Waals surface area contributed by atoms with Crippen molar-refractivity contribution in [3.63, 3.8) is 0 Å². The monoisotopic (exact) mass is 272 g/mol. The molecule has 0 fully saturated rings. The quantitative estimate of drug-likeness (QED) is 0.831. The number of thiophene rings is 1. The Morgan fingerprint density at radius 2 is 1.93 bits per heavy atom. The molecule has 0 aliphatic rings. The van der Waals surface area contributed by atoms with Crippen molar-refractivity contribution in [2.45, 2.75) is 0 Å². The van der Waals surface area contributed by atoms with Crippen LogP contribution in [0.1, 0.15) is 0 Å². The van der Waals surface area contributed by atoms with Crippen LogP contribution in [0, 0.1) is 0 Å². The van der Waals surface area contributed by atoms with Gasteiger partial charge in [0.15, 0.2) is 5.06 Å². The van der Waals surface area contributed by atoms with Crippen LogP contribution in [-0.4, -0.2) is 14.2 Å². The van der Waals surface area contributed by atoms with Crippen LogP contribution in [0.3, 0.4) is 0 Å². The molecule has 0 radical (unpaired) electrons. The van der Waals surface area contributed by atoms with Crippen molar-refractivity contribution < 1.29 is 9.47 Å². The first-order valence-electron chi connectivity index (χ1n) is 4.05. The molecule has 0 N–H and O–H groups in total. The fraction of sp³-hybridized carbons (Fsp3) is 0.200. The number of halogens is 1. The molecule has 1 aromatic heterocycles. The standard InChI is InChI=1S/C10H9BrO2S/c1-12-8-5-7(11)3-6-4-9(13-2)14-10(6)8/h3-5H,1-2H3. The highest BCUT2D eigenvalue weighted by molar-refractivity contribution is 9.10. The molecule has 0 amide bonds. The molecule has 14 heavy (non-hydrogen) atoms. The summed E-state index contributed by atoms with van der Waals surface area (Å²) >= 11 is 5.03. The van der Waals surface area contributed by atoms with Crippen LogP contribution in [0.15, 0.2) is 22.7 Å². The van der Waals surface area contributed by atoms with Crippen molar-refractivity contribution in [3.05, 3.63) is 22.7 Å². The third kappa shape index (κ3) is 1.60. The van der Waals surface area contributed by atoms with Crippen LogP contribution in [0.4, 0.5) is 0 Å². The van der Waals surface area contributed by atoms with Gasteiger partial charge < -0.3 is 9.47 Å². The van der Waals surface area contributed by atoms with Gasteiger partial charge in [0.25, 0.3) is 0 Å². The maximum Gasteiger partial charge on any atom is 0.174 e. The number of rotatable bonds is 2. The lowest BCUT2D eigenvalue weighted by atomic mass is 10.2. The van der Waals surface area contributed by atoms with Crippen LogP contribution in [0.2, 0.25) is 0 Å². The van der Waals surface area contributed by atoms with E-state index in [-0.39, 0.29) is 0 Å². The summed E-state index contributed by atoms with van der Waals surface area (Å²) in [6.07, 6.45) is 0. The lowest BCUT2D eigenvalue weighted by Crippen LogP contribution is -1.81. The molecule has 4 heteroatoms. The summed E-state index contributed by atoms with van der Waals surface area (Å²) in [5.41, 5.74) is 0. The third-order valence-corrected chi connectivity index (χ3v) is 3.53.